The zero-order chi connectivity index (χ0) is 11.5. The van der Waals surface area contributed by atoms with Gasteiger partial charge >= 0.3 is 0 Å². The predicted molar refractivity (Wildman–Crippen MR) is 67.4 cm³/mol. The minimum absolute atomic E-state index is 0.641. The molecule has 0 spiro atoms. The van der Waals surface area contributed by atoms with Gasteiger partial charge in [0, 0.05) is 17.2 Å². The lowest BCUT2D eigenvalue weighted by atomic mass is 9.84. The summed E-state index contributed by atoms with van der Waals surface area (Å²) in [6, 6.07) is 0. The number of H-pyrrole nitrogens is 1. The second kappa shape index (κ2) is 4.89. The molecular weight excluding hydrogens is 198 g/mol. The van der Waals surface area contributed by atoms with E-state index in [-0.39, 0.29) is 0 Å². The predicted octanol–water partition coefficient (Wildman–Crippen LogP) is 3.24. The molecular formula is C13H23N3. The van der Waals surface area contributed by atoms with E-state index in [1.54, 1.807) is 0 Å². The van der Waals surface area contributed by atoms with Crippen LogP contribution >= 0.6 is 0 Å². The lowest BCUT2D eigenvalue weighted by molar-refractivity contribution is 0.433. The van der Waals surface area contributed by atoms with Crippen molar-refractivity contribution in [1.29, 1.82) is 0 Å². The lowest BCUT2D eigenvalue weighted by Gasteiger charge is -2.22. The first kappa shape index (κ1) is 11.5. The Bertz CT molecular complexity index is 335. The molecule has 1 aliphatic rings. The number of nitrogens with two attached hydrogens (primary N) is 1. The number of anilines is 1. The average molecular weight is 221 g/mol. The third kappa shape index (κ3) is 2.39. The first-order valence-corrected chi connectivity index (χ1v) is 6.51. The Labute approximate surface area is 97.8 Å². The molecule has 0 unspecified atom stereocenters. The van der Waals surface area contributed by atoms with Crippen LogP contribution in [-0.4, -0.2) is 10.2 Å². The van der Waals surface area contributed by atoms with Crippen LogP contribution in [-0.2, 0) is 6.42 Å². The highest BCUT2D eigenvalue weighted by Crippen LogP contribution is 2.35. The first-order chi connectivity index (χ1) is 7.68. The smallest absolute Gasteiger partial charge is 0.148 e. The second-order valence-electron chi connectivity index (χ2n) is 5.43. The van der Waals surface area contributed by atoms with Crippen LogP contribution in [0.4, 0.5) is 5.82 Å². The fraction of sp³-hybridized carbons (Fsp3) is 0.769. The SMILES string of the molecule is CC(C)Cc1c(N)n[nH]c1C1CCCCC1. The third-order valence-electron chi connectivity index (χ3n) is 3.56. The highest BCUT2D eigenvalue weighted by Gasteiger charge is 2.22. The van der Waals surface area contributed by atoms with Crippen LogP contribution in [0.5, 0.6) is 0 Å². The van der Waals surface area contributed by atoms with Crippen molar-refractivity contribution in [1.82, 2.24) is 10.2 Å². The van der Waals surface area contributed by atoms with Gasteiger partial charge in [-0.2, -0.15) is 5.10 Å². The number of nitrogens with one attached hydrogen (secondary N) is 1. The normalized spacial score (nSPS) is 18.2. The van der Waals surface area contributed by atoms with E-state index in [2.05, 4.69) is 24.0 Å². The van der Waals surface area contributed by atoms with E-state index in [9.17, 15) is 0 Å². The quantitative estimate of drug-likeness (QED) is 0.823. The zero-order valence-corrected chi connectivity index (χ0v) is 10.4. The van der Waals surface area contributed by atoms with Gasteiger partial charge in [-0.3, -0.25) is 5.10 Å². The maximum Gasteiger partial charge on any atom is 0.148 e. The van der Waals surface area contributed by atoms with E-state index in [1.165, 1.54) is 43.4 Å². The monoisotopic (exact) mass is 221 g/mol. The Morgan fingerprint density at radius 1 is 1.31 bits per heavy atom. The Balaban J connectivity index is 2.18. The van der Waals surface area contributed by atoms with Crippen molar-refractivity contribution in [2.45, 2.75) is 58.3 Å². The molecule has 1 heterocycles. The van der Waals surface area contributed by atoms with Gasteiger partial charge in [-0.15, -0.1) is 0 Å². The van der Waals surface area contributed by atoms with Gasteiger partial charge in [-0.05, 0) is 25.2 Å². The van der Waals surface area contributed by atoms with Crippen LogP contribution in [0.15, 0.2) is 0 Å². The molecule has 1 aliphatic carbocycles. The molecule has 0 saturated heterocycles. The fourth-order valence-corrected chi connectivity index (χ4v) is 2.75. The van der Waals surface area contributed by atoms with E-state index >= 15 is 0 Å². The van der Waals surface area contributed by atoms with Crippen LogP contribution in [0, 0.1) is 5.92 Å². The summed E-state index contributed by atoms with van der Waals surface area (Å²) in [5.74, 6) is 2.03. The lowest BCUT2D eigenvalue weighted by Crippen LogP contribution is -2.09. The number of nitrogen functional groups attached to an aromatic ring is 1. The topological polar surface area (TPSA) is 54.7 Å². The molecule has 3 nitrogen and oxygen atoms in total. The van der Waals surface area contributed by atoms with E-state index in [0.29, 0.717) is 17.7 Å². The fourth-order valence-electron chi connectivity index (χ4n) is 2.75. The Kier molecular flexibility index (Phi) is 3.52. The highest BCUT2D eigenvalue weighted by molar-refractivity contribution is 5.43. The molecule has 16 heavy (non-hydrogen) atoms. The van der Waals surface area contributed by atoms with E-state index < -0.39 is 0 Å². The van der Waals surface area contributed by atoms with E-state index in [1.807, 2.05) is 0 Å². The molecule has 1 aromatic heterocycles. The molecule has 0 aromatic carbocycles. The van der Waals surface area contributed by atoms with Gasteiger partial charge in [0.1, 0.15) is 5.82 Å². The number of aromatic amines is 1. The summed E-state index contributed by atoms with van der Waals surface area (Å²) < 4.78 is 0. The molecule has 0 amide bonds. The van der Waals surface area contributed by atoms with E-state index in [4.69, 9.17) is 5.73 Å². The summed E-state index contributed by atoms with van der Waals surface area (Å²) >= 11 is 0. The summed E-state index contributed by atoms with van der Waals surface area (Å²) in [6.07, 6.45) is 7.74. The van der Waals surface area contributed by atoms with Crippen molar-refractivity contribution in [2.24, 2.45) is 5.92 Å². The zero-order valence-electron chi connectivity index (χ0n) is 10.4. The van der Waals surface area contributed by atoms with Crippen molar-refractivity contribution < 1.29 is 0 Å². The average Bonchev–Trinajstić information content (AvgIpc) is 2.61. The van der Waals surface area contributed by atoms with Gasteiger partial charge in [-0.1, -0.05) is 33.1 Å². The Morgan fingerprint density at radius 2 is 2.00 bits per heavy atom. The van der Waals surface area contributed by atoms with Gasteiger partial charge in [0.15, 0.2) is 0 Å². The van der Waals surface area contributed by atoms with Gasteiger partial charge in [0.2, 0.25) is 0 Å². The van der Waals surface area contributed by atoms with Crippen LogP contribution in [0.25, 0.3) is 0 Å². The van der Waals surface area contributed by atoms with Crippen LogP contribution in [0.1, 0.15) is 63.1 Å². The largest absolute Gasteiger partial charge is 0.382 e. The molecule has 0 radical (unpaired) electrons. The van der Waals surface area contributed by atoms with Crippen molar-refractivity contribution in [3.8, 4) is 0 Å². The molecule has 0 aliphatic heterocycles. The van der Waals surface area contributed by atoms with Crippen LogP contribution < -0.4 is 5.73 Å². The van der Waals surface area contributed by atoms with Crippen molar-refractivity contribution in [3.63, 3.8) is 0 Å². The molecule has 2 rings (SSSR count). The first-order valence-electron chi connectivity index (χ1n) is 6.51. The minimum Gasteiger partial charge on any atom is -0.382 e. The maximum absolute atomic E-state index is 5.95. The number of rotatable bonds is 3. The van der Waals surface area contributed by atoms with Crippen molar-refractivity contribution in [2.75, 3.05) is 5.73 Å². The van der Waals surface area contributed by atoms with Crippen molar-refractivity contribution in [3.05, 3.63) is 11.3 Å². The molecule has 0 bridgehead atoms. The summed E-state index contributed by atoms with van der Waals surface area (Å²) in [5.41, 5.74) is 8.56. The number of nitrogens with zero attached hydrogens (tertiary/aromatic N) is 1. The molecule has 90 valence electrons. The number of aromatic nitrogens is 2. The standard InChI is InChI=1S/C13H23N3/c1-9(2)8-11-12(15-16-13(11)14)10-6-4-3-5-7-10/h9-10H,3-8H2,1-2H3,(H3,14,15,16). The van der Waals surface area contributed by atoms with Gasteiger partial charge in [-0.25, -0.2) is 0 Å². The van der Waals surface area contributed by atoms with Gasteiger partial charge < -0.3 is 5.73 Å². The highest BCUT2D eigenvalue weighted by atomic mass is 15.2. The summed E-state index contributed by atoms with van der Waals surface area (Å²) in [5, 5.41) is 7.37. The molecule has 1 aromatic rings. The molecule has 3 N–H and O–H groups in total. The second-order valence-corrected chi connectivity index (χ2v) is 5.43. The molecule has 1 fully saturated rings. The third-order valence-corrected chi connectivity index (χ3v) is 3.56. The van der Waals surface area contributed by atoms with Crippen LogP contribution in [0.3, 0.4) is 0 Å². The van der Waals surface area contributed by atoms with E-state index in [0.717, 1.165) is 6.42 Å². The number of hydrogen-bond acceptors (Lipinski definition) is 2. The Hall–Kier alpha value is -0.990. The summed E-state index contributed by atoms with van der Waals surface area (Å²) in [7, 11) is 0. The molecule has 3 heteroatoms. The summed E-state index contributed by atoms with van der Waals surface area (Å²) in [4.78, 5) is 0. The maximum atomic E-state index is 5.95. The molecule has 0 atom stereocenters. The number of hydrogen-bond donors (Lipinski definition) is 2. The minimum atomic E-state index is 0.641. The van der Waals surface area contributed by atoms with Gasteiger partial charge in [0.05, 0.1) is 0 Å². The van der Waals surface area contributed by atoms with Crippen LogP contribution in [0.2, 0.25) is 0 Å². The molecule has 1 saturated carbocycles. The Morgan fingerprint density at radius 3 is 2.62 bits per heavy atom. The van der Waals surface area contributed by atoms with Crippen molar-refractivity contribution >= 4 is 5.82 Å². The summed E-state index contributed by atoms with van der Waals surface area (Å²) in [6.45, 7) is 4.47. The van der Waals surface area contributed by atoms with Gasteiger partial charge in [0.25, 0.3) is 0 Å².